The van der Waals surface area contributed by atoms with Gasteiger partial charge >= 0.3 is 0 Å². The minimum atomic E-state index is -0.343. The first kappa shape index (κ1) is 14.8. The van der Waals surface area contributed by atoms with Crippen LogP contribution in [0.25, 0.3) is 11.1 Å². The van der Waals surface area contributed by atoms with Crippen molar-refractivity contribution in [1.29, 1.82) is 0 Å². The molecule has 2 rings (SSSR count). The van der Waals surface area contributed by atoms with Crippen LogP contribution < -0.4 is 11.5 Å². The number of benzene rings is 1. The summed E-state index contributed by atoms with van der Waals surface area (Å²) in [6, 6.07) is 4.03. The third kappa shape index (κ3) is 3.28. The molecule has 0 aliphatic heterocycles. The van der Waals surface area contributed by atoms with Crippen LogP contribution in [0, 0.1) is 13.8 Å². The summed E-state index contributed by atoms with van der Waals surface area (Å²) in [7, 11) is 1.87. The number of aromatic nitrogens is 2. The Bertz CT molecular complexity index is 711. The van der Waals surface area contributed by atoms with E-state index in [0.29, 0.717) is 0 Å². The van der Waals surface area contributed by atoms with E-state index in [1.807, 2.05) is 39.2 Å². The van der Waals surface area contributed by atoms with E-state index >= 15 is 0 Å². The number of carbonyl (C=O) groups excluding carboxylic acids is 1. The van der Waals surface area contributed by atoms with Crippen LogP contribution in [0.4, 0.5) is 0 Å². The molecule has 0 unspecified atom stereocenters. The molecule has 1 heterocycles. The highest BCUT2D eigenvalue weighted by Crippen LogP contribution is 2.27. The summed E-state index contributed by atoms with van der Waals surface area (Å²) in [6.07, 6.45) is 3.93. The van der Waals surface area contributed by atoms with Gasteiger partial charge in [-0.15, -0.1) is 0 Å². The largest absolute Gasteiger partial charge is 0.370 e. The normalized spacial score (nSPS) is 10.4. The Morgan fingerprint density at radius 1 is 1.33 bits per heavy atom. The summed E-state index contributed by atoms with van der Waals surface area (Å²) >= 11 is 0. The number of amides is 1. The second-order valence-corrected chi connectivity index (χ2v) is 5.04. The van der Waals surface area contributed by atoms with Crippen LogP contribution in [-0.4, -0.2) is 21.6 Å². The quantitative estimate of drug-likeness (QED) is 0.650. The molecule has 6 heteroatoms. The van der Waals surface area contributed by atoms with Gasteiger partial charge in [0.15, 0.2) is 5.96 Å². The van der Waals surface area contributed by atoms with E-state index in [1.165, 1.54) is 0 Å². The van der Waals surface area contributed by atoms with E-state index in [-0.39, 0.29) is 18.3 Å². The average Bonchev–Trinajstić information content (AvgIpc) is 2.80. The number of aryl methyl sites for hydroxylation is 2. The fourth-order valence-electron chi connectivity index (χ4n) is 2.37. The van der Waals surface area contributed by atoms with Crippen LogP contribution in [-0.2, 0) is 18.3 Å². The maximum atomic E-state index is 11.8. The van der Waals surface area contributed by atoms with Crippen LogP contribution in [0.15, 0.2) is 29.5 Å². The maximum Gasteiger partial charge on any atom is 0.253 e. The number of guanidine groups is 1. The minimum absolute atomic E-state index is 0.184. The van der Waals surface area contributed by atoms with E-state index < -0.39 is 0 Å². The van der Waals surface area contributed by atoms with Crippen LogP contribution in [0.2, 0.25) is 0 Å². The van der Waals surface area contributed by atoms with Gasteiger partial charge in [-0.25, -0.2) is 0 Å². The number of rotatable bonds is 3. The number of nitrogens with zero attached hydrogens (tertiary/aromatic N) is 3. The molecule has 1 amide bonds. The summed E-state index contributed by atoms with van der Waals surface area (Å²) in [4.78, 5) is 15.4. The molecule has 0 radical (unpaired) electrons. The Hall–Kier alpha value is -2.63. The number of nitrogens with two attached hydrogens (primary N) is 2. The van der Waals surface area contributed by atoms with Crippen molar-refractivity contribution in [2.45, 2.75) is 20.3 Å². The van der Waals surface area contributed by atoms with Crippen molar-refractivity contribution in [1.82, 2.24) is 9.78 Å². The highest BCUT2D eigenvalue weighted by molar-refractivity contribution is 5.93. The third-order valence-corrected chi connectivity index (χ3v) is 3.43. The van der Waals surface area contributed by atoms with Gasteiger partial charge in [0.2, 0.25) is 0 Å². The van der Waals surface area contributed by atoms with Crippen molar-refractivity contribution in [3.63, 3.8) is 0 Å². The second-order valence-electron chi connectivity index (χ2n) is 5.04. The predicted molar refractivity (Wildman–Crippen MR) is 82.6 cm³/mol. The lowest BCUT2D eigenvalue weighted by atomic mass is 9.93. The average molecular weight is 285 g/mol. The Labute approximate surface area is 123 Å². The molecule has 110 valence electrons. The van der Waals surface area contributed by atoms with Gasteiger partial charge in [-0.3, -0.25) is 9.48 Å². The van der Waals surface area contributed by atoms with Gasteiger partial charge in [-0.05, 0) is 36.1 Å². The zero-order valence-electron chi connectivity index (χ0n) is 12.4. The van der Waals surface area contributed by atoms with Crippen molar-refractivity contribution in [2.24, 2.45) is 23.5 Å². The molecule has 0 fully saturated rings. The number of carbonyl (C=O) groups is 1. The Balaban J connectivity index is 2.42. The van der Waals surface area contributed by atoms with E-state index in [4.69, 9.17) is 11.5 Å². The van der Waals surface area contributed by atoms with Gasteiger partial charge in [0.25, 0.3) is 5.91 Å². The van der Waals surface area contributed by atoms with Crippen LogP contribution in [0.1, 0.15) is 16.7 Å². The zero-order valence-corrected chi connectivity index (χ0v) is 12.4. The lowest BCUT2D eigenvalue weighted by Crippen LogP contribution is -2.24. The number of hydrogen-bond donors (Lipinski definition) is 2. The lowest BCUT2D eigenvalue weighted by Gasteiger charge is -2.12. The van der Waals surface area contributed by atoms with E-state index in [9.17, 15) is 4.79 Å². The molecule has 6 nitrogen and oxygen atoms in total. The number of hydrogen-bond acceptors (Lipinski definition) is 2. The SMILES string of the molecule is Cc1ccc(-c2cnn(C)c2)c(C)c1CC(=O)N=C(N)N. The molecule has 0 bridgehead atoms. The molecule has 0 aliphatic carbocycles. The van der Waals surface area contributed by atoms with Gasteiger partial charge in [-0.1, -0.05) is 12.1 Å². The molecule has 0 saturated carbocycles. The van der Waals surface area contributed by atoms with Crippen molar-refractivity contribution in [3.8, 4) is 11.1 Å². The van der Waals surface area contributed by atoms with Crippen LogP contribution >= 0.6 is 0 Å². The Kier molecular flexibility index (Phi) is 4.07. The molecular formula is C15H19N5O. The summed E-state index contributed by atoms with van der Waals surface area (Å²) in [6.45, 7) is 3.96. The van der Waals surface area contributed by atoms with Gasteiger partial charge in [-0.2, -0.15) is 10.1 Å². The summed E-state index contributed by atoms with van der Waals surface area (Å²) in [5, 5.41) is 4.18. The van der Waals surface area contributed by atoms with E-state index in [1.54, 1.807) is 10.9 Å². The van der Waals surface area contributed by atoms with Crippen molar-refractivity contribution < 1.29 is 4.79 Å². The molecular weight excluding hydrogens is 266 g/mol. The van der Waals surface area contributed by atoms with Gasteiger partial charge in [0.1, 0.15) is 0 Å². The Morgan fingerprint density at radius 3 is 2.62 bits per heavy atom. The van der Waals surface area contributed by atoms with Gasteiger partial charge < -0.3 is 11.5 Å². The topological polar surface area (TPSA) is 99.3 Å². The standard InChI is InChI=1S/C15H19N5O/c1-9-4-5-12(11-7-18-20(3)8-11)10(2)13(9)6-14(21)19-15(16)17/h4-5,7-8H,6H2,1-3H3,(H4,16,17,19,21). The smallest absolute Gasteiger partial charge is 0.253 e. The van der Waals surface area contributed by atoms with E-state index in [2.05, 4.69) is 10.1 Å². The molecule has 0 aliphatic rings. The molecule has 0 saturated heterocycles. The van der Waals surface area contributed by atoms with Gasteiger partial charge in [0.05, 0.1) is 12.6 Å². The molecule has 4 N–H and O–H groups in total. The summed E-state index contributed by atoms with van der Waals surface area (Å²) in [5.41, 5.74) is 15.6. The molecule has 21 heavy (non-hydrogen) atoms. The number of aliphatic imine (C=N–C) groups is 1. The van der Waals surface area contributed by atoms with Crippen LogP contribution in [0.5, 0.6) is 0 Å². The van der Waals surface area contributed by atoms with Crippen molar-refractivity contribution in [3.05, 3.63) is 41.2 Å². The Morgan fingerprint density at radius 2 is 2.05 bits per heavy atom. The maximum absolute atomic E-state index is 11.8. The van der Waals surface area contributed by atoms with Crippen molar-refractivity contribution >= 4 is 11.9 Å². The zero-order chi connectivity index (χ0) is 15.6. The van der Waals surface area contributed by atoms with Crippen molar-refractivity contribution in [2.75, 3.05) is 0 Å². The monoisotopic (exact) mass is 285 g/mol. The van der Waals surface area contributed by atoms with Crippen LogP contribution in [0.3, 0.4) is 0 Å². The first-order valence-corrected chi connectivity index (χ1v) is 6.59. The molecule has 0 atom stereocenters. The molecule has 2 aromatic rings. The minimum Gasteiger partial charge on any atom is -0.370 e. The van der Waals surface area contributed by atoms with Gasteiger partial charge in [0, 0.05) is 18.8 Å². The highest BCUT2D eigenvalue weighted by atomic mass is 16.1. The first-order chi connectivity index (χ1) is 9.88. The first-order valence-electron chi connectivity index (χ1n) is 6.59. The third-order valence-electron chi connectivity index (χ3n) is 3.43. The summed E-state index contributed by atoms with van der Waals surface area (Å²) in [5.74, 6) is -0.553. The molecule has 1 aromatic carbocycles. The molecule has 0 spiro atoms. The predicted octanol–water partition coefficient (Wildman–Crippen LogP) is 1.05. The highest BCUT2D eigenvalue weighted by Gasteiger charge is 2.13. The lowest BCUT2D eigenvalue weighted by molar-refractivity contribution is -0.117. The molecule has 1 aromatic heterocycles. The summed E-state index contributed by atoms with van der Waals surface area (Å²) < 4.78 is 1.75. The fraction of sp³-hybridized carbons (Fsp3) is 0.267. The fourth-order valence-corrected chi connectivity index (χ4v) is 2.37. The van der Waals surface area contributed by atoms with E-state index in [0.717, 1.165) is 27.8 Å². The second kappa shape index (κ2) is 5.78.